The van der Waals surface area contributed by atoms with E-state index in [1.807, 2.05) is 0 Å². The van der Waals surface area contributed by atoms with Crippen LogP contribution in [0.15, 0.2) is 11.1 Å². The van der Waals surface area contributed by atoms with Gasteiger partial charge in [0.05, 0.1) is 0 Å². The molecule has 0 radical (unpaired) electrons. The standard InChI is InChI=1S/C14H26N4S/c1-6-7-15-12-10-13(19-9-8-18(4)5)17-14(16-12)11(2)3/h10-11H,6-9H2,1-5H3,(H,15,16,17). The highest BCUT2D eigenvalue weighted by Gasteiger charge is 2.08. The second-order valence-electron chi connectivity index (χ2n) is 5.18. The van der Waals surface area contributed by atoms with E-state index in [2.05, 4.69) is 61.1 Å². The Balaban J connectivity index is 2.74. The largest absolute Gasteiger partial charge is 0.370 e. The number of aromatic nitrogens is 2. The van der Waals surface area contributed by atoms with Crippen molar-refractivity contribution in [1.29, 1.82) is 0 Å². The van der Waals surface area contributed by atoms with Gasteiger partial charge in [-0.25, -0.2) is 9.97 Å². The second kappa shape index (κ2) is 8.38. The molecule has 0 spiro atoms. The molecule has 0 fully saturated rings. The van der Waals surface area contributed by atoms with Gasteiger partial charge in [0.25, 0.3) is 0 Å². The van der Waals surface area contributed by atoms with Crippen LogP contribution in [0.3, 0.4) is 0 Å². The summed E-state index contributed by atoms with van der Waals surface area (Å²) < 4.78 is 0. The maximum absolute atomic E-state index is 4.63. The highest BCUT2D eigenvalue weighted by atomic mass is 32.2. The van der Waals surface area contributed by atoms with E-state index in [-0.39, 0.29) is 0 Å². The third-order valence-electron chi connectivity index (χ3n) is 2.58. The molecule has 0 saturated heterocycles. The molecule has 1 aromatic rings. The first kappa shape index (κ1) is 16.2. The van der Waals surface area contributed by atoms with Crippen LogP contribution in [0, 0.1) is 0 Å². The van der Waals surface area contributed by atoms with Gasteiger partial charge in [-0.05, 0) is 20.5 Å². The molecule has 1 rings (SSSR count). The second-order valence-corrected chi connectivity index (χ2v) is 6.30. The van der Waals surface area contributed by atoms with Crippen molar-refractivity contribution in [2.45, 2.75) is 38.1 Å². The first-order chi connectivity index (χ1) is 9.02. The topological polar surface area (TPSA) is 41.0 Å². The van der Waals surface area contributed by atoms with Gasteiger partial charge in [0.2, 0.25) is 0 Å². The maximum atomic E-state index is 4.63. The van der Waals surface area contributed by atoms with Gasteiger partial charge >= 0.3 is 0 Å². The molecule has 5 heteroatoms. The minimum atomic E-state index is 0.358. The fourth-order valence-electron chi connectivity index (χ4n) is 1.45. The van der Waals surface area contributed by atoms with Crippen LogP contribution < -0.4 is 5.32 Å². The Morgan fingerprint density at radius 3 is 2.63 bits per heavy atom. The molecular weight excluding hydrogens is 256 g/mol. The molecule has 0 aliphatic heterocycles. The first-order valence-corrected chi connectivity index (χ1v) is 7.91. The summed E-state index contributed by atoms with van der Waals surface area (Å²) >= 11 is 1.80. The van der Waals surface area contributed by atoms with Crippen molar-refractivity contribution in [3.63, 3.8) is 0 Å². The number of hydrogen-bond donors (Lipinski definition) is 1. The van der Waals surface area contributed by atoms with Crippen LogP contribution in [-0.4, -0.2) is 47.8 Å². The molecule has 19 heavy (non-hydrogen) atoms. The Kier molecular flexibility index (Phi) is 7.16. The average Bonchev–Trinajstić information content (AvgIpc) is 2.35. The quantitative estimate of drug-likeness (QED) is 0.586. The van der Waals surface area contributed by atoms with E-state index >= 15 is 0 Å². The van der Waals surface area contributed by atoms with Gasteiger partial charge in [-0.3, -0.25) is 0 Å². The van der Waals surface area contributed by atoms with E-state index < -0.39 is 0 Å². The van der Waals surface area contributed by atoms with Crippen LogP contribution in [0.5, 0.6) is 0 Å². The van der Waals surface area contributed by atoms with Gasteiger partial charge in [0.15, 0.2) is 0 Å². The van der Waals surface area contributed by atoms with E-state index in [9.17, 15) is 0 Å². The fourth-order valence-corrected chi connectivity index (χ4v) is 2.47. The molecule has 1 heterocycles. The molecular formula is C14H26N4S. The summed E-state index contributed by atoms with van der Waals surface area (Å²) in [6, 6.07) is 2.06. The summed E-state index contributed by atoms with van der Waals surface area (Å²) in [4.78, 5) is 11.4. The molecule has 1 N–H and O–H groups in total. The van der Waals surface area contributed by atoms with Gasteiger partial charge in [0.1, 0.15) is 16.7 Å². The fraction of sp³-hybridized carbons (Fsp3) is 0.714. The van der Waals surface area contributed by atoms with E-state index in [1.165, 1.54) is 0 Å². The Hall–Kier alpha value is -0.810. The molecule has 0 aromatic carbocycles. The lowest BCUT2D eigenvalue weighted by atomic mass is 10.2. The van der Waals surface area contributed by atoms with Crippen molar-refractivity contribution in [2.75, 3.05) is 38.3 Å². The predicted octanol–water partition coefficient (Wildman–Crippen LogP) is 3.08. The molecule has 0 amide bonds. The summed E-state index contributed by atoms with van der Waals surface area (Å²) in [5.41, 5.74) is 0. The van der Waals surface area contributed by atoms with E-state index in [4.69, 9.17) is 0 Å². The SMILES string of the molecule is CCCNc1cc(SCCN(C)C)nc(C(C)C)n1. The van der Waals surface area contributed by atoms with Crippen LogP contribution >= 0.6 is 11.8 Å². The third kappa shape index (κ3) is 6.25. The van der Waals surface area contributed by atoms with Crippen LogP contribution in [0.4, 0.5) is 5.82 Å². The van der Waals surface area contributed by atoms with Crippen LogP contribution in [0.2, 0.25) is 0 Å². The predicted molar refractivity (Wildman–Crippen MR) is 84.2 cm³/mol. The number of thioether (sulfide) groups is 1. The summed E-state index contributed by atoms with van der Waals surface area (Å²) in [5, 5.41) is 4.42. The summed E-state index contributed by atoms with van der Waals surface area (Å²) in [6.07, 6.45) is 1.10. The normalized spacial score (nSPS) is 11.3. The van der Waals surface area contributed by atoms with E-state index in [1.54, 1.807) is 11.8 Å². The Morgan fingerprint density at radius 2 is 2.05 bits per heavy atom. The lowest BCUT2D eigenvalue weighted by molar-refractivity contribution is 0.437. The molecule has 0 aliphatic rings. The van der Waals surface area contributed by atoms with Crippen LogP contribution in [-0.2, 0) is 0 Å². The van der Waals surface area contributed by atoms with E-state index in [0.717, 1.165) is 41.9 Å². The van der Waals surface area contributed by atoms with Gasteiger partial charge in [-0.1, -0.05) is 20.8 Å². The van der Waals surface area contributed by atoms with Gasteiger partial charge in [-0.2, -0.15) is 0 Å². The lowest BCUT2D eigenvalue weighted by Gasteiger charge is -2.12. The average molecular weight is 282 g/mol. The Labute approximate surface area is 121 Å². The lowest BCUT2D eigenvalue weighted by Crippen LogP contribution is -2.15. The van der Waals surface area contributed by atoms with Crippen molar-refractivity contribution < 1.29 is 0 Å². The zero-order valence-corrected chi connectivity index (χ0v) is 13.5. The van der Waals surface area contributed by atoms with Crippen LogP contribution in [0.1, 0.15) is 38.9 Å². The first-order valence-electron chi connectivity index (χ1n) is 6.93. The molecule has 1 aromatic heterocycles. The number of anilines is 1. The van der Waals surface area contributed by atoms with E-state index in [0.29, 0.717) is 5.92 Å². The maximum Gasteiger partial charge on any atom is 0.134 e. The van der Waals surface area contributed by atoms with Crippen LogP contribution in [0.25, 0.3) is 0 Å². The van der Waals surface area contributed by atoms with Gasteiger partial charge in [-0.15, -0.1) is 11.8 Å². The Bertz CT molecular complexity index is 380. The summed E-state index contributed by atoms with van der Waals surface area (Å²) in [7, 11) is 4.18. The summed E-state index contributed by atoms with van der Waals surface area (Å²) in [5.74, 6) is 3.28. The Morgan fingerprint density at radius 1 is 1.32 bits per heavy atom. The molecule has 4 nitrogen and oxygen atoms in total. The van der Waals surface area contributed by atoms with Gasteiger partial charge in [0, 0.05) is 30.8 Å². The molecule has 0 aliphatic carbocycles. The third-order valence-corrected chi connectivity index (χ3v) is 3.47. The highest BCUT2D eigenvalue weighted by Crippen LogP contribution is 2.21. The zero-order valence-electron chi connectivity index (χ0n) is 12.7. The van der Waals surface area contributed by atoms with Gasteiger partial charge < -0.3 is 10.2 Å². The van der Waals surface area contributed by atoms with Crippen molar-refractivity contribution in [1.82, 2.24) is 14.9 Å². The number of rotatable bonds is 8. The van der Waals surface area contributed by atoms with Crippen molar-refractivity contribution in [2.24, 2.45) is 0 Å². The van der Waals surface area contributed by atoms with Crippen molar-refractivity contribution >= 4 is 17.6 Å². The molecule has 0 bridgehead atoms. The van der Waals surface area contributed by atoms with Crippen molar-refractivity contribution in [3.8, 4) is 0 Å². The smallest absolute Gasteiger partial charge is 0.134 e. The molecule has 108 valence electrons. The monoisotopic (exact) mass is 282 g/mol. The summed E-state index contributed by atoms with van der Waals surface area (Å²) in [6.45, 7) is 8.43. The molecule has 0 atom stereocenters. The molecule has 0 saturated carbocycles. The minimum absolute atomic E-state index is 0.358. The number of nitrogens with one attached hydrogen (secondary N) is 1. The zero-order chi connectivity index (χ0) is 14.3. The van der Waals surface area contributed by atoms with Crippen molar-refractivity contribution in [3.05, 3.63) is 11.9 Å². The molecule has 0 unspecified atom stereocenters. The minimum Gasteiger partial charge on any atom is -0.370 e. The highest BCUT2D eigenvalue weighted by molar-refractivity contribution is 7.99. The number of hydrogen-bond acceptors (Lipinski definition) is 5. The number of nitrogens with zero attached hydrogens (tertiary/aromatic N) is 3.